The number of hydrogen-bond acceptors (Lipinski definition) is 0. The lowest BCUT2D eigenvalue weighted by Crippen LogP contribution is -2.09. The lowest BCUT2D eigenvalue weighted by Gasteiger charge is -2.16. The molecule has 1 heteroatoms. The average molecular weight is 251 g/mol. The van der Waals surface area contributed by atoms with E-state index in [0.29, 0.717) is 11.3 Å². The number of H-pyrrole nitrogens is 1. The van der Waals surface area contributed by atoms with Gasteiger partial charge in [0.1, 0.15) is 0 Å². The van der Waals surface area contributed by atoms with E-state index in [0.717, 1.165) is 0 Å². The van der Waals surface area contributed by atoms with Crippen LogP contribution in [0.3, 0.4) is 0 Å². The Morgan fingerprint density at radius 1 is 1.05 bits per heavy atom. The number of benzene rings is 1. The van der Waals surface area contributed by atoms with Gasteiger partial charge < -0.3 is 4.98 Å². The fourth-order valence-electron chi connectivity index (χ4n) is 3.73. The standard InChI is InChI=1S/C18H21N/c1-12(2)17-11-15-16(19-17)8-7-13-5-3-4-6-14(13)18(15)9-10-18/h3-6,11-12,19H,7-10H2,1-2H3. The molecule has 1 saturated carbocycles. The van der Waals surface area contributed by atoms with Crippen LogP contribution < -0.4 is 0 Å². The summed E-state index contributed by atoms with van der Waals surface area (Å²) in [6, 6.07) is 11.5. The van der Waals surface area contributed by atoms with Crippen LogP contribution in [0.5, 0.6) is 0 Å². The minimum atomic E-state index is 0.353. The summed E-state index contributed by atoms with van der Waals surface area (Å²) in [5.41, 5.74) is 8.03. The van der Waals surface area contributed by atoms with Crippen molar-refractivity contribution in [3.63, 3.8) is 0 Å². The van der Waals surface area contributed by atoms with Gasteiger partial charge in [0.2, 0.25) is 0 Å². The molecular formula is C18H21N. The summed E-state index contributed by atoms with van der Waals surface area (Å²) >= 11 is 0. The highest BCUT2D eigenvalue weighted by atomic mass is 14.8. The molecule has 4 rings (SSSR count). The van der Waals surface area contributed by atoms with Crippen LogP contribution in [0.4, 0.5) is 0 Å². The van der Waals surface area contributed by atoms with E-state index in [2.05, 4.69) is 49.2 Å². The summed E-state index contributed by atoms with van der Waals surface area (Å²) < 4.78 is 0. The van der Waals surface area contributed by atoms with Gasteiger partial charge in [0.25, 0.3) is 0 Å². The number of fused-ring (bicyclic) bond motifs is 4. The third-order valence-corrected chi connectivity index (χ3v) is 4.99. The number of nitrogens with one attached hydrogen (secondary N) is 1. The van der Waals surface area contributed by atoms with Crippen molar-refractivity contribution < 1.29 is 0 Å². The second kappa shape index (κ2) is 3.75. The first kappa shape index (κ1) is 11.3. The summed E-state index contributed by atoms with van der Waals surface area (Å²) in [7, 11) is 0. The Morgan fingerprint density at radius 3 is 2.58 bits per heavy atom. The molecule has 0 amide bonds. The van der Waals surface area contributed by atoms with Crippen molar-refractivity contribution in [1.82, 2.24) is 4.98 Å². The predicted molar refractivity (Wildman–Crippen MR) is 78.7 cm³/mol. The Hall–Kier alpha value is -1.50. The van der Waals surface area contributed by atoms with Crippen molar-refractivity contribution in [3.8, 4) is 0 Å². The third kappa shape index (κ3) is 1.54. The highest BCUT2D eigenvalue weighted by Crippen LogP contribution is 2.57. The molecule has 2 aliphatic carbocycles. The van der Waals surface area contributed by atoms with Crippen molar-refractivity contribution in [1.29, 1.82) is 0 Å². The molecule has 0 saturated heterocycles. The van der Waals surface area contributed by atoms with Gasteiger partial charge in [-0.2, -0.15) is 0 Å². The fraction of sp³-hybridized carbons (Fsp3) is 0.444. The van der Waals surface area contributed by atoms with Crippen molar-refractivity contribution in [2.75, 3.05) is 0 Å². The van der Waals surface area contributed by atoms with Gasteiger partial charge in [-0.15, -0.1) is 0 Å². The number of aromatic nitrogens is 1. The lowest BCUT2D eigenvalue weighted by atomic mass is 9.86. The SMILES string of the molecule is CC(C)c1cc2c([nH]1)CCc1ccccc1C21CC1. The Morgan fingerprint density at radius 2 is 1.84 bits per heavy atom. The molecule has 2 aromatic rings. The molecule has 1 aromatic carbocycles. The zero-order chi connectivity index (χ0) is 13.0. The molecule has 2 aliphatic rings. The summed E-state index contributed by atoms with van der Waals surface area (Å²) in [6.07, 6.45) is 5.00. The molecule has 19 heavy (non-hydrogen) atoms. The van der Waals surface area contributed by atoms with E-state index in [4.69, 9.17) is 0 Å². The number of rotatable bonds is 1. The summed E-state index contributed by atoms with van der Waals surface area (Å²) in [4.78, 5) is 3.70. The van der Waals surface area contributed by atoms with Gasteiger partial charge in [0, 0.05) is 16.8 Å². The van der Waals surface area contributed by atoms with E-state index < -0.39 is 0 Å². The molecule has 1 nitrogen and oxygen atoms in total. The van der Waals surface area contributed by atoms with Gasteiger partial charge in [-0.25, -0.2) is 0 Å². The Kier molecular flexibility index (Phi) is 2.24. The van der Waals surface area contributed by atoms with Crippen LogP contribution in [0.25, 0.3) is 0 Å². The first-order valence-corrected chi connectivity index (χ1v) is 7.51. The van der Waals surface area contributed by atoms with Crippen molar-refractivity contribution in [2.24, 2.45) is 0 Å². The maximum atomic E-state index is 3.70. The molecule has 1 heterocycles. The molecule has 98 valence electrons. The minimum absolute atomic E-state index is 0.353. The molecule has 0 aliphatic heterocycles. The topological polar surface area (TPSA) is 15.8 Å². The summed E-state index contributed by atoms with van der Waals surface area (Å²) in [6.45, 7) is 4.55. The zero-order valence-corrected chi connectivity index (χ0v) is 11.8. The highest BCUT2D eigenvalue weighted by molar-refractivity contribution is 5.53. The second-order valence-electron chi connectivity index (χ2n) is 6.51. The van der Waals surface area contributed by atoms with Crippen molar-refractivity contribution >= 4 is 0 Å². The van der Waals surface area contributed by atoms with Crippen LogP contribution in [0.2, 0.25) is 0 Å². The quantitative estimate of drug-likeness (QED) is 0.777. The van der Waals surface area contributed by atoms with E-state index >= 15 is 0 Å². The van der Waals surface area contributed by atoms with Gasteiger partial charge in [0.15, 0.2) is 0 Å². The van der Waals surface area contributed by atoms with Crippen LogP contribution >= 0.6 is 0 Å². The predicted octanol–water partition coefficient (Wildman–Crippen LogP) is 4.32. The zero-order valence-electron chi connectivity index (χ0n) is 11.8. The van der Waals surface area contributed by atoms with E-state index in [1.807, 2.05) is 0 Å². The highest BCUT2D eigenvalue weighted by Gasteiger charge is 2.49. The van der Waals surface area contributed by atoms with Crippen LogP contribution in [-0.2, 0) is 18.3 Å². The van der Waals surface area contributed by atoms with Crippen LogP contribution in [0.15, 0.2) is 30.3 Å². The van der Waals surface area contributed by atoms with Gasteiger partial charge in [-0.05, 0) is 54.4 Å². The summed E-state index contributed by atoms with van der Waals surface area (Å²) in [5.74, 6) is 0.595. The molecule has 1 aromatic heterocycles. The fourth-order valence-corrected chi connectivity index (χ4v) is 3.73. The molecule has 1 spiro atoms. The minimum Gasteiger partial charge on any atom is -0.362 e. The van der Waals surface area contributed by atoms with Gasteiger partial charge in [-0.1, -0.05) is 38.1 Å². The van der Waals surface area contributed by atoms with Crippen molar-refractivity contribution in [3.05, 3.63) is 58.4 Å². The van der Waals surface area contributed by atoms with Gasteiger partial charge in [-0.3, -0.25) is 0 Å². The first-order chi connectivity index (χ1) is 9.21. The third-order valence-electron chi connectivity index (χ3n) is 4.99. The molecule has 0 bridgehead atoms. The number of hydrogen-bond donors (Lipinski definition) is 1. The largest absolute Gasteiger partial charge is 0.362 e. The Balaban J connectivity index is 1.91. The second-order valence-corrected chi connectivity index (χ2v) is 6.51. The van der Waals surface area contributed by atoms with Crippen LogP contribution in [0, 0.1) is 0 Å². The first-order valence-electron chi connectivity index (χ1n) is 7.51. The van der Waals surface area contributed by atoms with E-state index in [-0.39, 0.29) is 0 Å². The van der Waals surface area contributed by atoms with E-state index in [1.165, 1.54) is 37.1 Å². The molecule has 1 N–H and O–H groups in total. The van der Waals surface area contributed by atoms with Gasteiger partial charge in [0.05, 0.1) is 0 Å². The lowest BCUT2D eigenvalue weighted by molar-refractivity contribution is 0.815. The maximum absolute atomic E-state index is 3.70. The molecule has 0 unspecified atom stereocenters. The molecule has 0 radical (unpaired) electrons. The molecule has 1 fully saturated rings. The van der Waals surface area contributed by atoms with Gasteiger partial charge >= 0.3 is 0 Å². The molecular weight excluding hydrogens is 230 g/mol. The Labute approximate surface area is 115 Å². The number of aryl methyl sites for hydroxylation is 2. The van der Waals surface area contributed by atoms with Crippen LogP contribution in [-0.4, -0.2) is 4.98 Å². The maximum Gasteiger partial charge on any atom is 0.0224 e. The van der Waals surface area contributed by atoms with Crippen LogP contribution in [0.1, 0.15) is 60.7 Å². The van der Waals surface area contributed by atoms with E-state index in [9.17, 15) is 0 Å². The smallest absolute Gasteiger partial charge is 0.0224 e. The number of aromatic amines is 1. The average Bonchev–Trinajstić information content (AvgIpc) is 3.12. The van der Waals surface area contributed by atoms with E-state index in [1.54, 1.807) is 16.7 Å². The normalized spacial score (nSPS) is 19.1. The summed E-state index contributed by atoms with van der Waals surface area (Å²) in [5, 5.41) is 0. The molecule has 0 atom stereocenters. The van der Waals surface area contributed by atoms with Crippen molar-refractivity contribution in [2.45, 2.75) is 50.9 Å². The monoisotopic (exact) mass is 251 g/mol. The Bertz CT molecular complexity index is 629.